The molecule has 6 heteroatoms. The number of rotatable bonds is 5. The van der Waals surface area contributed by atoms with E-state index in [1.165, 1.54) is 0 Å². The fourth-order valence-corrected chi connectivity index (χ4v) is 2.10. The van der Waals surface area contributed by atoms with Crippen LogP contribution >= 0.6 is 0 Å². The smallest absolute Gasteiger partial charge is 0.320 e. The van der Waals surface area contributed by atoms with Crippen molar-refractivity contribution in [2.24, 2.45) is 0 Å². The first kappa shape index (κ1) is 16.5. The summed E-state index contributed by atoms with van der Waals surface area (Å²) in [6.45, 7) is 2.88. The van der Waals surface area contributed by atoms with E-state index in [-0.39, 0.29) is 6.03 Å². The summed E-state index contributed by atoms with van der Waals surface area (Å²) >= 11 is 0. The number of carbonyl (C=O) groups excluding carboxylic acids is 2. The van der Waals surface area contributed by atoms with Crippen LogP contribution in [0, 0.1) is 0 Å². The van der Waals surface area contributed by atoms with Gasteiger partial charge in [0.05, 0.1) is 0 Å². The predicted molar refractivity (Wildman–Crippen MR) is 87.2 cm³/mol. The molecule has 2 aromatic carbocycles. The summed E-state index contributed by atoms with van der Waals surface area (Å²) in [4.78, 5) is 25.2. The Morgan fingerprint density at radius 3 is 2.26 bits per heavy atom. The minimum atomic E-state index is -0.564. The maximum absolute atomic E-state index is 12.3. The molecule has 120 valence electrons. The van der Waals surface area contributed by atoms with Crippen molar-refractivity contribution < 1.29 is 14.8 Å². The van der Waals surface area contributed by atoms with Crippen LogP contribution in [0.15, 0.2) is 54.6 Å². The van der Waals surface area contributed by atoms with Gasteiger partial charge < -0.3 is 10.2 Å². The molecule has 0 spiro atoms. The maximum atomic E-state index is 12.3. The molecular formula is C17H19N3O3. The summed E-state index contributed by atoms with van der Waals surface area (Å²) in [6.07, 6.45) is 0. The van der Waals surface area contributed by atoms with E-state index in [1.807, 2.05) is 37.3 Å². The Hall–Kier alpha value is -2.86. The van der Waals surface area contributed by atoms with Crippen LogP contribution in [0.3, 0.4) is 0 Å². The quantitative estimate of drug-likeness (QED) is 0.586. The highest BCUT2D eigenvalue weighted by Gasteiger charge is 2.12. The molecule has 2 aromatic rings. The SMILES string of the molecule is CCN(Cc1ccc(C(=O)NO)cc1)C(=O)Nc1ccccc1. The van der Waals surface area contributed by atoms with Gasteiger partial charge in [-0.25, -0.2) is 10.3 Å². The van der Waals surface area contributed by atoms with Crippen molar-refractivity contribution in [2.45, 2.75) is 13.5 Å². The number of para-hydroxylation sites is 1. The first-order chi connectivity index (χ1) is 11.1. The molecule has 0 atom stereocenters. The number of nitrogens with zero attached hydrogens (tertiary/aromatic N) is 1. The second-order valence-electron chi connectivity index (χ2n) is 4.95. The monoisotopic (exact) mass is 313 g/mol. The number of carbonyl (C=O) groups is 2. The van der Waals surface area contributed by atoms with Gasteiger partial charge in [-0.3, -0.25) is 10.0 Å². The molecular weight excluding hydrogens is 294 g/mol. The average molecular weight is 313 g/mol. The summed E-state index contributed by atoms with van der Waals surface area (Å²) in [5, 5.41) is 11.4. The molecule has 0 bridgehead atoms. The first-order valence-corrected chi connectivity index (χ1v) is 7.28. The van der Waals surface area contributed by atoms with Gasteiger partial charge in [-0.15, -0.1) is 0 Å². The molecule has 0 aromatic heterocycles. The number of urea groups is 1. The highest BCUT2D eigenvalue weighted by molar-refractivity contribution is 5.93. The molecule has 0 radical (unpaired) electrons. The van der Waals surface area contributed by atoms with Crippen molar-refractivity contribution in [2.75, 3.05) is 11.9 Å². The first-order valence-electron chi connectivity index (χ1n) is 7.28. The Morgan fingerprint density at radius 1 is 1.04 bits per heavy atom. The normalized spacial score (nSPS) is 10.0. The zero-order valence-corrected chi connectivity index (χ0v) is 12.8. The molecule has 0 aliphatic heterocycles. The van der Waals surface area contributed by atoms with Crippen LogP contribution in [0.2, 0.25) is 0 Å². The molecule has 0 saturated heterocycles. The van der Waals surface area contributed by atoms with Gasteiger partial charge in [-0.05, 0) is 36.8 Å². The molecule has 0 heterocycles. The van der Waals surface area contributed by atoms with E-state index in [2.05, 4.69) is 5.32 Å². The molecule has 2 rings (SSSR count). The summed E-state index contributed by atoms with van der Waals surface area (Å²) < 4.78 is 0. The van der Waals surface area contributed by atoms with Crippen molar-refractivity contribution in [3.05, 3.63) is 65.7 Å². The second kappa shape index (κ2) is 7.95. The lowest BCUT2D eigenvalue weighted by molar-refractivity contribution is 0.0706. The Bertz CT molecular complexity index is 657. The van der Waals surface area contributed by atoms with Crippen LogP contribution in [0.4, 0.5) is 10.5 Å². The highest BCUT2D eigenvalue weighted by atomic mass is 16.5. The van der Waals surface area contributed by atoms with Crippen molar-refractivity contribution >= 4 is 17.6 Å². The number of amides is 3. The van der Waals surface area contributed by atoms with Gasteiger partial charge in [0.1, 0.15) is 0 Å². The zero-order valence-electron chi connectivity index (χ0n) is 12.8. The van der Waals surface area contributed by atoms with Gasteiger partial charge in [-0.1, -0.05) is 30.3 Å². The Labute approximate surface area is 134 Å². The highest BCUT2D eigenvalue weighted by Crippen LogP contribution is 2.11. The molecule has 23 heavy (non-hydrogen) atoms. The third-order valence-corrected chi connectivity index (χ3v) is 3.39. The molecule has 0 unspecified atom stereocenters. The van der Waals surface area contributed by atoms with Crippen molar-refractivity contribution in [3.63, 3.8) is 0 Å². The van der Waals surface area contributed by atoms with Gasteiger partial charge in [0.15, 0.2) is 0 Å². The molecule has 0 aliphatic rings. The summed E-state index contributed by atoms with van der Waals surface area (Å²) in [6, 6.07) is 15.8. The third kappa shape index (κ3) is 4.55. The summed E-state index contributed by atoms with van der Waals surface area (Å²) in [5.41, 5.74) is 3.57. The van der Waals surface area contributed by atoms with Crippen molar-refractivity contribution in [3.8, 4) is 0 Å². The zero-order chi connectivity index (χ0) is 16.7. The van der Waals surface area contributed by atoms with Gasteiger partial charge in [0.2, 0.25) is 0 Å². The van der Waals surface area contributed by atoms with Crippen LogP contribution in [-0.2, 0) is 6.54 Å². The van der Waals surface area contributed by atoms with E-state index in [4.69, 9.17) is 5.21 Å². The van der Waals surface area contributed by atoms with E-state index < -0.39 is 5.91 Å². The second-order valence-corrected chi connectivity index (χ2v) is 4.95. The molecule has 6 nitrogen and oxygen atoms in total. The van der Waals surface area contributed by atoms with Gasteiger partial charge in [0, 0.05) is 24.3 Å². The third-order valence-electron chi connectivity index (χ3n) is 3.39. The van der Waals surface area contributed by atoms with Crippen LogP contribution in [0.25, 0.3) is 0 Å². The van der Waals surface area contributed by atoms with E-state index in [1.54, 1.807) is 34.6 Å². The number of anilines is 1. The van der Waals surface area contributed by atoms with Gasteiger partial charge in [-0.2, -0.15) is 0 Å². The summed E-state index contributed by atoms with van der Waals surface area (Å²) in [7, 11) is 0. The largest absolute Gasteiger partial charge is 0.322 e. The minimum absolute atomic E-state index is 0.184. The topological polar surface area (TPSA) is 81.7 Å². The van der Waals surface area contributed by atoms with Crippen molar-refractivity contribution in [1.82, 2.24) is 10.4 Å². The lowest BCUT2D eigenvalue weighted by Gasteiger charge is -2.21. The summed E-state index contributed by atoms with van der Waals surface area (Å²) in [5.74, 6) is -0.564. The van der Waals surface area contributed by atoms with Gasteiger partial charge >= 0.3 is 6.03 Å². The number of hydrogen-bond donors (Lipinski definition) is 3. The Balaban J connectivity index is 2.01. The van der Waals surface area contributed by atoms with E-state index in [0.717, 1.165) is 11.3 Å². The lowest BCUT2D eigenvalue weighted by Crippen LogP contribution is -2.34. The number of hydroxylamine groups is 1. The standard InChI is InChI=1S/C17H19N3O3/c1-2-20(17(22)18-15-6-4-3-5-7-15)12-13-8-10-14(11-9-13)16(21)19-23/h3-11,23H,2,12H2,1H3,(H,18,22)(H,19,21). The predicted octanol–water partition coefficient (Wildman–Crippen LogP) is 2.86. The van der Waals surface area contributed by atoms with Crippen LogP contribution in [0.1, 0.15) is 22.8 Å². The minimum Gasteiger partial charge on any atom is -0.320 e. The van der Waals surface area contributed by atoms with Crippen LogP contribution < -0.4 is 10.8 Å². The fourth-order valence-electron chi connectivity index (χ4n) is 2.10. The number of hydrogen-bond acceptors (Lipinski definition) is 3. The Kier molecular flexibility index (Phi) is 5.71. The van der Waals surface area contributed by atoms with Crippen molar-refractivity contribution in [1.29, 1.82) is 0 Å². The molecule has 0 aliphatic carbocycles. The average Bonchev–Trinajstić information content (AvgIpc) is 2.60. The Morgan fingerprint density at radius 2 is 1.70 bits per heavy atom. The fraction of sp³-hybridized carbons (Fsp3) is 0.176. The number of benzene rings is 2. The molecule has 0 saturated carbocycles. The molecule has 0 fully saturated rings. The molecule has 3 N–H and O–H groups in total. The van der Waals surface area contributed by atoms with E-state index in [9.17, 15) is 9.59 Å². The lowest BCUT2D eigenvalue weighted by atomic mass is 10.1. The van der Waals surface area contributed by atoms with Gasteiger partial charge in [0.25, 0.3) is 5.91 Å². The van der Waals surface area contributed by atoms with E-state index >= 15 is 0 Å². The van der Waals surface area contributed by atoms with Crippen LogP contribution in [0.5, 0.6) is 0 Å². The maximum Gasteiger partial charge on any atom is 0.322 e. The molecule has 3 amide bonds. The van der Waals surface area contributed by atoms with Crippen LogP contribution in [-0.4, -0.2) is 28.6 Å². The van der Waals surface area contributed by atoms with E-state index in [0.29, 0.717) is 18.7 Å². The number of nitrogens with one attached hydrogen (secondary N) is 2.